The Morgan fingerprint density at radius 2 is 2.38 bits per heavy atom. The van der Waals surface area contributed by atoms with Crippen molar-refractivity contribution in [2.45, 2.75) is 19.9 Å². The third-order valence-electron chi connectivity index (χ3n) is 1.72. The fourth-order valence-corrected chi connectivity index (χ4v) is 0.980. The number of hydrogen-bond acceptors (Lipinski definition) is 2. The Hall–Kier alpha value is -1.33. The summed E-state index contributed by atoms with van der Waals surface area (Å²) in [6.07, 6.45) is 7.77. The van der Waals surface area contributed by atoms with Gasteiger partial charge in [-0.15, -0.1) is 12.3 Å². The Morgan fingerprint density at radius 3 is 3.00 bits per heavy atom. The molecule has 1 rings (SSSR count). The van der Waals surface area contributed by atoms with Crippen LogP contribution >= 0.6 is 0 Å². The lowest BCUT2D eigenvalue weighted by molar-refractivity contribution is 0.687. The highest BCUT2D eigenvalue weighted by Crippen LogP contribution is 1.97. The van der Waals surface area contributed by atoms with Crippen molar-refractivity contribution in [3.8, 4) is 12.3 Å². The normalized spacial score (nSPS) is 9.54. The molecular formula is C11H14N2. The highest BCUT2D eigenvalue weighted by atomic mass is 14.9. The largest absolute Gasteiger partial charge is 0.310 e. The number of nitrogens with one attached hydrogen (secondary N) is 1. The molecule has 0 saturated heterocycles. The average molecular weight is 174 g/mol. The molecule has 0 aliphatic rings. The van der Waals surface area contributed by atoms with Crippen LogP contribution in [0.25, 0.3) is 0 Å². The van der Waals surface area contributed by atoms with E-state index in [0.29, 0.717) is 0 Å². The monoisotopic (exact) mass is 174 g/mol. The first kappa shape index (κ1) is 9.76. The van der Waals surface area contributed by atoms with E-state index in [0.717, 1.165) is 25.2 Å². The summed E-state index contributed by atoms with van der Waals surface area (Å²) >= 11 is 0. The molecule has 0 aliphatic carbocycles. The number of aromatic nitrogens is 1. The lowest BCUT2D eigenvalue weighted by Gasteiger charge is -2.01. The van der Waals surface area contributed by atoms with Crippen LogP contribution in [0.5, 0.6) is 0 Å². The molecule has 0 fully saturated rings. The summed E-state index contributed by atoms with van der Waals surface area (Å²) in [6.45, 7) is 3.68. The third kappa shape index (κ3) is 3.73. The fraction of sp³-hybridized carbons (Fsp3) is 0.364. The van der Waals surface area contributed by atoms with E-state index >= 15 is 0 Å². The zero-order valence-electron chi connectivity index (χ0n) is 7.88. The molecule has 0 atom stereocenters. The standard InChI is InChI=1S/C11H14N2/c1-3-4-7-12-9-11-6-5-10(2)8-13-11/h1,5-6,8,12H,4,7,9H2,2H3. The van der Waals surface area contributed by atoms with Crippen LogP contribution in [0.3, 0.4) is 0 Å². The third-order valence-corrected chi connectivity index (χ3v) is 1.72. The average Bonchev–Trinajstić information content (AvgIpc) is 2.15. The fourth-order valence-electron chi connectivity index (χ4n) is 0.980. The van der Waals surface area contributed by atoms with Gasteiger partial charge in [0.05, 0.1) is 5.69 Å². The number of nitrogens with zero attached hydrogens (tertiary/aromatic N) is 1. The Kier molecular flexibility index (Phi) is 4.01. The second-order valence-electron chi connectivity index (χ2n) is 2.96. The summed E-state index contributed by atoms with van der Waals surface area (Å²) < 4.78 is 0. The molecule has 68 valence electrons. The van der Waals surface area contributed by atoms with Gasteiger partial charge in [0.25, 0.3) is 0 Å². The van der Waals surface area contributed by atoms with Crippen molar-refractivity contribution in [1.29, 1.82) is 0 Å². The first-order chi connectivity index (χ1) is 6.33. The van der Waals surface area contributed by atoms with Crippen LogP contribution in [0.15, 0.2) is 18.3 Å². The maximum absolute atomic E-state index is 5.12. The van der Waals surface area contributed by atoms with Crippen LogP contribution in [0.4, 0.5) is 0 Å². The minimum atomic E-state index is 0.770. The summed E-state index contributed by atoms with van der Waals surface area (Å²) in [5, 5.41) is 3.22. The lowest BCUT2D eigenvalue weighted by Crippen LogP contribution is -2.14. The summed E-state index contributed by atoms with van der Waals surface area (Å²) in [5.74, 6) is 2.58. The molecule has 0 aliphatic heterocycles. The maximum Gasteiger partial charge on any atom is 0.0541 e. The van der Waals surface area contributed by atoms with Gasteiger partial charge in [0, 0.05) is 25.7 Å². The number of rotatable bonds is 4. The van der Waals surface area contributed by atoms with Crippen LogP contribution in [0.1, 0.15) is 17.7 Å². The van der Waals surface area contributed by atoms with E-state index in [2.05, 4.69) is 22.3 Å². The Balaban J connectivity index is 2.30. The van der Waals surface area contributed by atoms with Crippen LogP contribution in [0.2, 0.25) is 0 Å². The molecule has 1 aromatic rings. The second-order valence-corrected chi connectivity index (χ2v) is 2.96. The van der Waals surface area contributed by atoms with Gasteiger partial charge >= 0.3 is 0 Å². The summed E-state index contributed by atoms with van der Waals surface area (Å²) in [4.78, 5) is 4.26. The number of terminal acetylenes is 1. The van der Waals surface area contributed by atoms with Crippen LogP contribution in [-0.4, -0.2) is 11.5 Å². The van der Waals surface area contributed by atoms with Crippen molar-refractivity contribution in [3.05, 3.63) is 29.6 Å². The van der Waals surface area contributed by atoms with Gasteiger partial charge in [0.1, 0.15) is 0 Å². The molecule has 13 heavy (non-hydrogen) atoms. The molecule has 1 heterocycles. The van der Waals surface area contributed by atoms with Gasteiger partial charge < -0.3 is 5.32 Å². The Morgan fingerprint density at radius 1 is 1.54 bits per heavy atom. The van der Waals surface area contributed by atoms with Crippen molar-refractivity contribution in [2.24, 2.45) is 0 Å². The molecule has 0 aromatic carbocycles. The molecule has 0 radical (unpaired) electrons. The predicted molar refractivity (Wildman–Crippen MR) is 54.1 cm³/mol. The SMILES string of the molecule is C#CCCNCc1ccc(C)cn1. The molecule has 0 spiro atoms. The lowest BCUT2D eigenvalue weighted by atomic mass is 10.3. The molecule has 0 saturated carbocycles. The molecule has 2 heteroatoms. The van der Waals surface area contributed by atoms with Gasteiger partial charge in [-0.2, -0.15) is 0 Å². The number of aryl methyl sites for hydroxylation is 1. The Labute approximate surface area is 79.4 Å². The van der Waals surface area contributed by atoms with E-state index in [9.17, 15) is 0 Å². The zero-order chi connectivity index (χ0) is 9.52. The highest BCUT2D eigenvalue weighted by molar-refractivity contribution is 5.11. The first-order valence-corrected chi connectivity index (χ1v) is 4.38. The van der Waals surface area contributed by atoms with Gasteiger partial charge in [-0.3, -0.25) is 4.98 Å². The van der Waals surface area contributed by atoms with Gasteiger partial charge in [0.2, 0.25) is 0 Å². The van der Waals surface area contributed by atoms with E-state index in [1.54, 1.807) is 0 Å². The van der Waals surface area contributed by atoms with Crippen molar-refractivity contribution in [2.75, 3.05) is 6.54 Å². The smallest absolute Gasteiger partial charge is 0.0541 e. The second kappa shape index (κ2) is 5.34. The maximum atomic E-state index is 5.12. The van der Waals surface area contributed by atoms with Crippen molar-refractivity contribution < 1.29 is 0 Å². The quantitative estimate of drug-likeness (QED) is 0.552. The van der Waals surface area contributed by atoms with Crippen LogP contribution in [-0.2, 0) is 6.54 Å². The molecule has 2 nitrogen and oxygen atoms in total. The van der Waals surface area contributed by atoms with E-state index < -0.39 is 0 Å². The zero-order valence-corrected chi connectivity index (χ0v) is 7.88. The van der Waals surface area contributed by atoms with Gasteiger partial charge in [0.15, 0.2) is 0 Å². The van der Waals surface area contributed by atoms with E-state index in [1.807, 2.05) is 19.2 Å². The van der Waals surface area contributed by atoms with E-state index in [4.69, 9.17) is 6.42 Å². The molecule has 1 aromatic heterocycles. The van der Waals surface area contributed by atoms with Gasteiger partial charge in [-0.25, -0.2) is 0 Å². The predicted octanol–water partition coefficient (Wildman–Crippen LogP) is 1.50. The van der Waals surface area contributed by atoms with E-state index in [1.165, 1.54) is 5.56 Å². The van der Waals surface area contributed by atoms with Gasteiger partial charge in [-0.05, 0) is 18.6 Å². The summed E-state index contributed by atoms with van der Waals surface area (Å²) in [6, 6.07) is 4.09. The minimum Gasteiger partial charge on any atom is -0.310 e. The molecular weight excluding hydrogens is 160 g/mol. The van der Waals surface area contributed by atoms with E-state index in [-0.39, 0.29) is 0 Å². The van der Waals surface area contributed by atoms with Crippen molar-refractivity contribution >= 4 is 0 Å². The molecule has 1 N–H and O–H groups in total. The van der Waals surface area contributed by atoms with Crippen LogP contribution < -0.4 is 5.32 Å². The molecule has 0 bridgehead atoms. The number of pyridine rings is 1. The number of hydrogen-bond donors (Lipinski definition) is 1. The van der Waals surface area contributed by atoms with Crippen molar-refractivity contribution in [1.82, 2.24) is 10.3 Å². The summed E-state index contributed by atoms with van der Waals surface area (Å²) in [5.41, 5.74) is 2.25. The molecule has 0 amide bonds. The molecule has 0 unspecified atom stereocenters. The van der Waals surface area contributed by atoms with Crippen molar-refractivity contribution in [3.63, 3.8) is 0 Å². The minimum absolute atomic E-state index is 0.770. The topological polar surface area (TPSA) is 24.9 Å². The summed E-state index contributed by atoms with van der Waals surface area (Å²) in [7, 11) is 0. The Bertz CT molecular complexity index is 282. The highest BCUT2D eigenvalue weighted by Gasteiger charge is 1.92. The van der Waals surface area contributed by atoms with Crippen LogP contribution in [0, 0.1) is 19.3 Å². The van der Waals surface area contributed by atoms with Gasteiger partial charge in [-0.1, -0.05) is 6.07 Å². The first-order valence-electron chi connectivity index (χ1n) is 4.38.